The van der Waals surface area contributed by atoms with Crippen molar-refractivity contribution in [3.05, 3.63) is 35.7 Å². The summed E-state index contributed by atoms with van der Waals surface area (Å²) < 4.78 is 0. The van der Waals surface area contributed by atoms with Crippen LogP contribution in [0.5, 0.6) is 0 Å². The molecule has 1 N–H and O–H groups in total. The van der Waals surface area contributed by atoms with Crippen LogP contribution >= 0.6 is 11.3 Å². The summed E-state index contributed by atoms with van der Waals surface area (Å²) in [6.45, 7) is 6.78. The van der Waals surface area contributed by atoms with E-state index in [-0.39, 0.29) is 0 Å². The van der Waals surface area contributed by atoms with Crippen LogP contribution in [0.3, 0.4) is 0 Å². The molecule has 1 aliphatic rings. The van der Waals surface area contributed by atoms with Crippen LogP contribution in [0, 0.1) is 0 Å². The highest BCUT2D eigenvalue weighted by molar-refractivity contribution is 7.15. The van der Waals surface area contributed by atoms with Gasteiger partial charge in [-0.2, -0.15) is 0 Å². The lowest BCUT2D eigenvalue weighted by atomic mass is 9.99. The van der Waals surface area contributed by atoms with Gasteiger partial charge in [0.1, 0.15) is 0 Å². The van der Waals surface area contributed by atoms with Crippen LogP contribution < -0.4 is 0 Å². The second-order valence-electron chi connectivity index (χ2n) is 5.91. The molecule has 1 saturated heterocycles. The summed E-state index contributed by atoms with van der Waals surface area (Å²) in [4.78, 5) is 16.0. The number of aromatic nitrogens is 3. The Hall–Kier alpha value is -1.72. The molecule has 1 aliphatic heterocycles. The van der Waals surface area contributed by atoms with Crippen molar-refractivity contribution in [2.24, 2.45) is 0 Å². The third-order valence-electron chi connectivity index (χ3n) is 4.23. The number of rotatable bonds is 3. The molecule has 0 saturated carbocycles. The standard InChI is InChI=1S/C16H18N4S/c1-10(2)20-7-11(8-20)16-17-6-14(21-16)12-4-3-5-13-15(12)19-9-18-13/h3-6,9-11H,7-8H2,1-2H3,(H,18,19). The minimum absolute atomic E-state index is 0.601. The molecule has 4 rings (SSSR count). The Kier molecular flexibility index (Phi) is 3.05. The first kappa shape index (κ1) is 13.0. The maximum absolute atomic E-state index is 4.65. The Morgan fingerprint density at radius 2 is 2.14 bits per heavy atom. The van der Waals surface area contributed by atoms with Gasteiger partial charge >= 0.3 is 0 Å². The predicted molar refractivity (Wildman–Crippen MR) is 86.7 cm³/mol. The SMILES string of the molecule is CC(C)N1CC(c2ncc(-c3cccc4[nH]cnc34)s2)C1. The van der Waals surface area contributed by atoms with Crippen LogP contribution in [0.2, 0.25) is 0 Å². The van der Waals surface area contributed by atoms with Crippen molar-refractivity contribution in [3.8, 4) is 10.4 Å². The summed E-state index contributed by atoms with van der Waals surface area (Å²) in [5.74, 6) is 0.601. The molecule has 0 spiro atoms. The van der Waals surface area contributed by atoms with Crippen LogP contribution in [0.4, 0.5) is 0 Å². The maximum atomic E-state index is 4.65. The Bertz CT molecular complexity index is 767. The molecule has 0 aliphatic carbocycles. The number of hydrogen-bond acceptors (Lipinski definition) is 4. The van der Waals surface area contributed by atoms with Crippen LogP contribution in [-0.4, -0.2) is 39.0 Å². The van der Waals surface area contributed by atoms with Gasteiger partial charge in [-0.25, -0.2) is 9.97 Å². The highest BCUT2D eigenvalue weighted by Gasteiger charge is 2.31. The lowest BCUT2D eigenvalue weighted by molar-refractivity contribution is 0.110. The lowest BCUT2D eigenvalue weighted by Crippen LogP contribution is -2.48. The normalized spacial score (nSPS) is 16.7. The number of H-pyrrole nitrogens is 1. The van der Waals surface area contributed by atoms with Gasteiger partial charge < -0.3 is 4.98 Å². The number of hydrogen-bond donors (Lipinski definition) is 1. The maximum Gasteiger partial charge on any atom is 0.0987 e. The van der Waals surface area contributed by atoms with Crippen molar-refractivity contribution < 1.29 is 0 Å². The molecule has 1 aromatic carbocycles. The van der Waals surface area contributed by atoms with Crippen LogP contribution in [0.1, 0.15) is 24.8 Å². The molecular formula is C16H18N4S. The number of imidazole rings is 1. The topological polar surface area (TPSA) is 44.8 Å². The fourth-order valence-electron chi connectivity index (χ4n) is 2.86. The van der Waals surface area contributed by atoms with Gasteiger partial charge in [0.15, 0.2) is 0 Å². The Morgan fingerprint density at radius 1 is 1.29 bits per heavy atom. The number of para-hydroxylation sites is 1. The fraction of sp³-hybridized carbons (Fsp3) is 0.375. The molecule has 4 nitrogen and oxygen atoms in total. The van der Waals surface area contributed by atoms with E-state index >= 15 is 0 Å². The van der Waals surface area contributed by atoms with Crippen molar-refractivity contribution in [1.82, 2.24) is 19.9 Å². The van der Waals surface area contributed by atoms with Gasteiger partial charge in [-0.15, -0.1) is 11.3 Å². The molecule has 0 amide bonds. The fourth-order valence-corrected chi connectivity index (χ4v) is 3.88. The largest absolute Gasteiger partial charge is 0.345 e. The van der Waals surface area contributed by atoms with E-state index in [9.17, 15) is 0 Å². The zero-order valence-electron chi connectivity index (χ0n) is 12.2. The molecule has 3 heterocycles. The summed E-state index contributed by atoms with van der Waals surface area (Å²) in [5, 5.41) is 1.26. The smallest absolute Gasteiger partial charge is 0.0987 e. The third kappa shape index (κ3) is 2.17. The molecule has 21 heavy (non-hydrogen) atoms. The zero-order chi connectivity index (χ0) is 14.4. The van der Waals surface area contributed by atoms with Crippen LogP contribution in [-0.2, 0) is 0 Å². The van der Waals surface area contributed by atoms with E-state index in [1.165, 1.54) is 15.4 Å². The van der Waals surface area contributed by atoms with Crippen LogP contribution in [0.25, 0.3) is 21.5 Å². The third-order valence-corrected chi connectivity index (χ3v) is 5.42. The summed E-state index contributed by atoms with van der Waals surface area (Å²) in [7, 11) is 0. The van der Waals surface area contributed by atoms with E-state index in [4.69, 9.17) is 0 Å². The Morgan fingerprint density at radius 3 is 2.95 bits per heavy atom. The number of benzene rings is 1. The monoisotopic (exact) mass is 298 g/mol. The quantitative estimate of drug-likeness (QED) is 0.805. The first-order valence-corrected chi connectivity index (χ1v) is 8.16. The van der Waals surface area contributed by atoms with Crippen molar-refractivity contribution in [2.75, 3.05) is 13.1 Å². The summed E-state index contributed by atoms with van der Waals surface area (Å²) in [6, 6.07) is 6.89. The molecule has 0 bridgehead atoms. The van der Waals surface area contributed by atoms with E-state index < -0.39 is 0 Å². The molecular weight excluding hydrogens is 280 g/mol. The number of likely N-dealkylation sites (tertiary alicyclic amines) is 1. The van der Waals surface area contributed by atoms with E-state index in [0.717, 1.165) is 24.1 Å². The van der Waals surface area contributed by atoms with Crippen molar-refractivity contribution >= 4 is 22.4 Å². The van der Waals surface area contributed by atoms with E-state index in [0.29, 0.717) is 12.0 Å². The van der Waals surface area contributed by atoms with Gasteiger partial charge in [-0.05, 0) is 19.9 Å². The summed E-state index contributed by atoms with van der Waals surface area (Å²) >= 11 is 1.81. The molecule has 0 atom stereocenters. The first-order chi connectivity index (χ1) is 10.2. The zero-order valence-corrected chi connectivity index (χ0v) is 13.0. The molecule has 5 heteroatoms. The van der Waals surface area contributed by atoms with Crippen molar-refractivity contribution in [2.45, 2.75) is 25.8 Å². The Labute approximate surface area is 127 Å². The minimum atomic E-state index is 0.601. The highest BCUT2D eigenvalue weighted by atomic mass is 32.1. The highest BCUT2D eigenvalue weighted by Crippen LogP contribution is 2.36. The average Bonchev–Trinajstić information content (AvgIpc) is 3.04. The number of aromatic amines is 1. The number of thiazole rings is 1. The molecule has 0 radical (unpaired) electrons. The number of nitrogens with zero attached hydrogens (tertiary/aromatic N) is 3. The lowest BCUT2D eigenvalue weighted by Gasteiger charge is -2.41. The van der Waals surface area contributed by atoms with Gasteiger partial charge in [0, 0.05) is 36.8 Å². The molecule has 108 valence electrons. The number of nitrogens with one attached hydrogen (secondary N) is 1. The predicted octanol–water partition coefficient (Wildman–Crippen LogP) is 3.49. The molecule has 2 aromatic heterocycles. The molecule has 0 unspecified atom stereocenters. The second-order valence-corrected chi connectivity index (χ2v) is 6.97. The molecule has 3 aromatic rings. The van der Waals surface area contributed by atoms with Gasteiger partial charge in [-0.3, -0.25) is 4.90 Å². The number of fused-ring (bicyclic) bond motifs is 1. The van der Waals surface area contributed by atoms with Gasteiger partial charge in [0.05, 0.1) is 27.2 Å². The van der Waals surface area contributed by atoms with Crippen molar-refractivity contribution in [3.63, 3.8) is 0 Å². The summed E-state index contributed by atoms with van der Waals surface area (Å²) in [6.07, 6.45) is 3.75. The van der Waals surface area contributed by atoms with E-state index in [1.54, 1.807) is 6.33 Å². The van der Waals surface area contributed by atoms with E-state index in [1.807, 2.05) is 17.5 Å². The van der Waals surface area contributed by atoms with Gasteiger partial charge in [0.2, 0.25) is 0 Å². The van der Waals surface area contributed by atoms with E-state index in [2.05, 4.69) is 51.9 Å². The first-order valence-electron chi connectivity index (χ1n) is 7.34. The summed E-state index contributed by atoms with van der Waals surface area (Å²) in [5.41, 5.74) is 3.29. The average molecular weight is 298 g/mol. The van der Waals surface area contributed by atoms with Gasteiger partial charge in [0.25, 0.3) is 0 Å². The van der Waals surface area contributed by atoms with Gasteiger partial charge in [-0.1, -0.05) is 12.1 Å². The Balaban J connectivity index is 1.62. The van der Waals surface area contributed by atoms with Crippen molar-refractivity contribution in [1.29, 1.82) is 0 Å². The minimum Gasteiger partial charge on any atom is -0.345 e. The van der Waals surface area contributed by atoms with Crippen LogP contribution in [0.15, 0.2) is 30.7 Å². The second kappa shape index (κ2) is 4.93. The molecule has 1 fully saturated rings.